The smallest absolute Gasteiger partial charge is 0.326 e. The van der Waals surface area contributed by atoms with Crippen LogP contribution in [0.2, 0.25) is 0 Å². The van der Waals surface area contributed by atoms with Gasteiger partial charge in [0.25, 0.3) is 0 Å². The summed E-state index contributed by atoms with van der Waals surface area (Å²) in [5.74, 6) is -24.1. The Morgan fingerprint density at radius 2 is 0.676 bits per heavy atom. The zero-order chi connectivity index (χ0) is 111. The van der Waals surface area contributed by atoms with Gasteiger partial charge in [-0.15, -0.1) is 0 Å². The van der Waals surface area contributed by atoms with Crippen molar-refractivity contribution in [2.75, 3.05) is 91.8 Å². The minimum atomic E-state index is -1.76. The number of carbonyl (C=O) groups excluding carboxylic acids is 20. The quantitative estimate of drug-likeness (QED) is 0.0127. The van der Waals surface area contributed by atoms with Crippen LogP contribution in [0.25, 0.3) is 0 Å². The van der Waals surface area contributed by atoms with E-state index in [9.17, 15) is 111 Å². The van der Waals surface area contributed by atoms with Gasteiger partial charge in [0.05, 0.1) is 31.8 Å². The molecule has 148 heavy (non-hydrogen) atoms. The van der Waals surface area contributed by atoms with E-state index in [0.29, 0.717) is 49.8 Å². The summed E-state index contributed by atoms with van der Waals surface area (Å²) in [6.07, 6.45) is 0.904. The summed E-state index contributed by atoms with van der Waals surface area (Å²) in [6, 6.07) is -8.24. The second-order valence-electron chi connectivity index (χ2n) is 35.6. The van der Waals surface area contributed by atoms with Crippen molar-refractivity contribution in [3.8, 4) is 0 Å². The molecule has 1 fully saturated rings. The van der Waals surface area contributed by atoms with Crippen LogP contribution in [0.1, 0.15) is 130 Å². The highest BCUT2D eigenvalue weighted by atomic mass is 32.1. The van der Waals surface area contributed by atoms with E-state index in [4.69, 9.17) is 28.3 Å². The predicted octanol–water partition coefficient (Wildman–Crippen LogP) is -8.32. The maximum Gasteiger partial charge on any atom is 0.326 e. The van der Waals surface area contributed by atoms with E-state index in [1.54, 1.807) is 95.3 Å². The molecule has 1 saturated heterocycles. The van der Waals surface area contributed by atoms with Gasteiger partial charge < -0.3 is 144 Å². The molecule has 31 N–H and O–H groups in total. The third-order valence-corrected chi connectivity index (χ3v) is 26.3. The van der Waals surface area contributed by atoms with Gasteiger partial charge in [-0.25, -0.2) is 4.79 Å². The highest BCUT2D eigenvalue weighted by molar-refractivity contribution is 7.81. The van der Waals surface area contributed by atoms with E-state index in [1.807, 2.05) is 6.92 Å². The van der Waals surface area contributed by atoms with Crippen molar-refractivity contribution < 1.29 is 111 Å². The van der Waals surface area contributed by atoms with Gasteiger partial charge in [0.15, 0.2) is 5.96 Å². The minimum absolute atomic E-state index is 0.00578. The molecule has 0 aliphatic carbocycles. The number of hydrogen-bond acceptors (Lipinski definition) is 34. The number of aliphatic hydroxyl groups excluding tert-OH is 1. The van der Waals surface area contributed by atoms with E-state index in [2.05, 4.69) is 207 Å². The number of hydrogen-bond donors (Lipinski definition) is 35. The molecule has 20 atom stereocenters. The largest absolute Gasteiger partial charge is 0.480 e. The second-order valence-corrected chi connectivity index (χ2v) is 38.6. The monoisotopic (exact) mass is 2230 g/mol. The van der Waals surface area contributed by atoms with Gasteiger partial charge in [0.2, 0.25) is 118 Å². The van der Waals surface area contributed by atoms with Crippen LogP contribution in [-0.4, -0.2) is 352 Å². The first-order valence-corrected chi connectivity index (χ1v) is 53.3. The molecule has 0 saturated carbocycles. The average molecular weight is 2230 g/mol. The molecule has 0 radical (unpaired) electrons. The lowest BCUT2D eigenvalue weighted by Crippen LogP contribution is -2.61. The number of nitrogens with two attached hydrogens (primary N) is 4. The number of unbranched alkanes of at least 4 members (excludes halogenated alkanes) is 2. The standard InChI is InChI=1S/C91H148N26O23S8/c1-8-48(6)69(94)86(135)104-53(26-16-18-30-93)77(126)108-60(41-144)80(129)102-52(25-15-17-29-92)75(124)105-55(33-50-21-11-9-12-22-50)78(127)109-62(43-146)82(131)107-57(38-141)73(122)98-35-66(119)101-59(40-143)79(128)111-64(45-148)84(133)116-72(49(7)118)89(138)117-32-20-28-65(117)85(134)100-37-68(121)115-70(46(2)3)87(136)112-58(39-142)74(123)99-36-67(120)114-71(47(4)5)88(137)113-63(44-147)83(132)110-61(42-145)81(130)103-54(27-19-31-97-91(95)96)76(125)106-56(90(139)140)34-51-23-13-10-14-24-51/h9-14,21-24,46-49,52-65,69-72,118,141-148H,8,15-20,25-45,92-94H2,1-7H3,(H,98,122)(H,99,123)(H,100,134)(H,101,119)(H,102,129)(H,103,130)(H,104,135)(H,105,124)(H,106,125)(H,107,131)(H,108,126)(H,109,127)(H,110,132)(H,111,128)(H,112,136)(H,113,137)(H,114,120)(H,115,121)(H,116,133)(H,139,140)(H4,95,96,97)/t48-,49+,52-,53-,54-,55-,56-,57-,58-,59-,60-,61-,62-,63-,64-,65-,69-,70-,71-,72-/m0/s1. The van der Waals surface area contributed by atoms with E-state index in [-0.39, 0.29) is 117 Å². The Hall–Kier alpha value is -10.8. The van der Waals surface area contributed by atoms with Crippen molar-refractivity contribution in [2.45, 2.75) is 247 Å². The lowest BCUT2D eigenvalue weighted by Gasteiger charge is -2.31. The van der Waals surface area contributed by atoms with Crippen LogP contribution in [-0.2, 0) is 114 Å². The normalized spacial score (nSPS) is 16.0. The number of guanidine groups is 1. The highest BCUT2D eigenvalue weighted by Crippen LogP contribution is 2.21. The van der Waals surface area contributed by atoms with E-state index < -0.39 is 282 Å². The number of carbonyl (C=O) groups is 21. The van der Waals surface area contributed by atoms with E-state index >= 15 is 0 Å². The number of amides is 20. The van der Waals surface area contributed by atoms with E-state index in [0.717, 1.165) is 11.8 Å². The van der Waals surface area contributed by atoms with Crippen LogP contribution in [0, 0.1) is 23.2 Å². The number of aliphatic hydroxyl groups is 1. The average Bonchev–Trinajstić information content (AvgIpc) is 1.69. The maximum atomic E-state index is 14.4. The second kappa shape index (κ2) is 70.3. The number of aliphatic carboxylic acids is 1. The highest BCUT2D eigenvalue weighted by Gasteiger charge is 2.43. The van der Waals surface area contributed by atoms with Crippen molar-refractivity contribution in [3.63, 3.8) is 0 Å². The molecule has 20 amide bonds. The van der Waals surface area contributed by atoms with Gasteiger partial charge in [-0.1, -0.05) is 109 Å². The summed E-state index contributed by atoms with van der Waals surface area (Å²) in [7, 11) is 0. The predicted molar refractivity (Wildman–Crippen MR) is 577 cm³/mol. The lowest BCUT2D eigenvalue weighted by atomic mass is 9.98. The summed E-state index contributed by atoms with van der Waals surface area (Å²) < 4.78 is 0. The molecule has 2 aromatic rings. The van der Waals surface area contributed by atoms with Crippen molar-refractivity contribution >= 4 is 231 Å². The van der Waals surface area contributed by atoms with Crippen LogP contribution in [0.15, 0.2) is 60.7 Å². The first-order valence-electron chi connectivity index (χ1n) is 48.2. The summed E-state index contributed by atoms with van der Waals surface area (Å²) >= 11 is 33.9. The van der Waals surface area contributed by atoms with E-state index in [1.165, 1.54) is 0 Å². The molecule has 1 heterocycles. The van der Waals surface area contributed by atoms with Gasteiger partial charge in [-0.2, -0.15) is 101 Å². The zero-order valence-electron chi connectivity index (χ0n) is 83.6. The molecular weight excluding hydrogens is 2080 g/mol. The van der Waals surface area contributed by atoms with Crippen molar-refractivity contribution in [3.05, 3.63) is 71.8 Å². The molecule has 0 aromatic heterocycles. The molecular formula is C91H148N26O23S8. The number of nitrogens with one attached hydrogen (secondary N) is 21. The van der Waals surface area contributed by atoms with Gasteiger partial charge in [-0.05, 0) is 113 Å². The van der Waals surface area contributed by atoms with Crippen molar-refractivity contribution in [1.29, 1.82) is 5.41 Å². The molecule has 828 valence electrons. The Kier molecular flexibility index (Phi) is 62.4. The molecule has 0 bridgehead atoms. The molecule has 3 rings (SSSR count). The summed E-state index contributed by atoms with van der Waals surface area (Å²) in [5.41, 5.74) is 24.2. The lowest BCUT2D eigenvalue weighted by molar-refractivity contribution is -0.144. The van der Waals surface area contributed by atoms with Crippen LogP contribution in [0.3, 0.4) is 0 Å². The zero-order valence-corrected chi connectivity index (χ0v) is 90.7. The van der Waals surface area contributed by atoms with Crippen LogP contribution in [0.5, 0.6) is 0 Å². The number of rotatable bonds is 69. The number of likely N-dealkylation sites (tertiary alicyclic amines) is 1. The topological polar surface area (TPSA) is 771 Å². The van der Waals surface area contributed by atoms with Crippen LogP contribution >= 0.6 is 101 Å². The fraction of sp³-hybridized carbons (Fsp3) is 0.626. The summed E-state index contributed by atoms with van der Waals surface area (Å²) in [4.78, 5) is 289. The minimum Gasteiger partial charge on any atom is -0.480 e. The van der Waals surface area contributed by atoms with Gasteiger partial charge >= 0.3 is 5.97 Å². The first-order chi connectivity index (χ1) is 70.2. The molecule has 2 aromatic carbocycles. The van der Waals surface area contributed by atoms with Crippen LogP contribution < -0.4 is 129 Å². The SMILES string of the molecule is CC[C@H](C)[C@H](N)C(=O)N[C@@H](CCCCN)C(=O)N[C@@H](CS)C(=O)N[C@@H](CCCCN)C(=O)N[C@@H](Cc1ccccc1)C(=O)N[C@@H](CS)C(=O)N[C@@H](CS)C(=O)NCC(=O)N[C@@H](CS)C(=O)N[C@@H](CS)C(=O)N[C@H](C(=O)N1CCC[C@H]1C(=O)NCC(=O)N[C@H](C(=O)N[C@@H](CS)C(=O)NCC(=O)N[C@H](C(=O)N[C@@H](CS)C(=O)N[C@@H](CS)C(=O)N[C@@H](CCCNC(=N)N)C(=O)N[C@@H](Cc1ccccc1)C(=O)O)C(C)C)C(C)C)[C@@H](C)O. The molecule has 1 aliphatic rings. The third kappa shape index (κ3) is 46.4. The fourth-order valence-electron chi connectivity index (χ4n) is 14.5. The number of benzene rings is 2. The Labute approximate surface area is 903 Å². The Morgan fingerprint density at radius 1 is 0.372 bits per heavy atom. The van der Waals surface area contributed by atoms with Crippen molar-refractivity contribution in [1.82, 2.24) is 111 Å². The number of carboxylic acid groups (broad SMARTS) is 1. The number of thiol groups is 8. The molecule has 49 nitrogen and oxygen atoms in total. The number of nitrogens with zero attached hydrogens (tertiary/aromatic N) is 1. The molecule has 0 unspecified atom stereocenters. The summed E-state index contributed by atoms with van der Waals surface area (Å²) in [6.45, 7) is 9.23. The molecule has 0 spiro atoms. The Bertz CT molecular complexity index is 4750. The van der Waals surface area contributed by atoms with Gasteiger partial charge in [0.1, 0.15) is 103 Å². The van der Waals surface area contributed by atoms with Crippen LogP contribution in [0.4, 0.5) is 0 Å². The Morgan fingerprint density at radius 3 is 1.03 bits per heavy atom. The molecule has 57 heteroatoms. The molecule has 1 aliphatic heterocycles. The number of carboxylic acids is 1. The fourth-order valence-corrected chi connectivity index (χ4v) is 16.5. The van der Waals surface area contributed by atoms with Crippen molar-refractivity contribution in [2.24, 2.45) is 40.7 Å². The third-order valence-electron chi connectivity index (χ3n) is 23.4. The summed E-state index contributed by atoms with van der Waals surface area (Å²) in [5, 5.41) is 78.2. The maximum absolute atomic E-state index is 14.4. The Balaban J connectivity index is 1.61. The van der Waals surface area contributed by atoms with Gasteiger partial charge in [0, 0.05) is 72.0 Å². The first kappa shape index (κ1) is 131. The van der Waals surface area contributed by atoms with Gasteiger partial charge in [-0.3, -0.25) is 101 Å².